The third kappa shape index (κ3) is 4.92. The lowest BCUT2D eigenvalue weighted by molar-refractivity contribution is -0.130. The summed E-state index contributed by atoms with van der Waals surface area (Å²) in [5, 5.41) is 11.9. The predicted molar refractivity (Wildman–Crippen MR) is 75.4 cm³/mol. The van der Waals surface area contributed by atoms with Crippen molar-refractivity contribution in [2.24, 2.45) is 0 Å². The molecule has 0 radical (unpaired) electrons. The average molecular weight is 278 g/mol. The van der Waals surface area contributed by atoms with Gasteiger partial charge in [0.2, 0.25) is 5.91 Å². The van der Waals surface area contributed by atoms with E-state index < -0.39 is 0 Å². The monoisotopic (exact) mass is 278 g/mol. The van der Waals surface area contributed by atoms with E-state index in [4.69, 9.17) is 5.26 Å². The van der Waals surface area contributed by atoms with Crippen molar-refractivity contribution < 1.29 is 9.59 Å². The summed E-state index contributed by atoms with van der Waals surface area (Å²) in [7, 11) is 0. The van der Waals surface area contributed by atoms with Gasteiger partial charge in [-0.05, 0) is 20.8 Å². The van der Waals surface area contributed by atoms with E-state index in [1.54, 1.807) is 18.0 Å². The minimum Gasteiger partial charge on any atom is -0.373 e. The number of amides is 2. The number of nitrogens with one attached hydrogen (secondary N) is 1. The van der Waals surface area contributed by atoms with Crippen LogP contribution in [0.25, 0.3) is 0 Å². The molecule has 1 N–H and O–H groups in total. The molecule has 1 aliphatic heterocycles. The highest BCUT2D eigenvalue weighted by Crippen LogP contribution is 2.07. The molecule has 0 unspecified atom stereocenters. The second-order valence-electron chi connectivity index (χ2n) is 5.90. The number of rotatable bonds is 2. The van der Waals surface area contributed by atoms with Crippen LogP contribution in [0.5, 0.6) is 0 Å². The Bertz CT molecular complexity index is 449. The van der Waals surface area contributed by atoms with E-state index in [0.29, 0.717) is 26.2 Å². The van der Waals surface area contributed by atoms with Crippen molar-refractivity contribution in [3.63, 3.8) is 0 Å². The van der Waals surface area contributed by atoms with Gasteiger partial charge in [0.25, 0.3) is 5.91 Å². The highest BCUT2D eigenvalue weighted by Gasteiger charge is 2.20. The molecule has 6 heteroatoms. The molecular weight excluding hydrogens is 256 g/mol. The molecular formula is C14H22N4O2. The van der Waals surface area contributed by atoms with Gasteiger partial charge in [-0.25, -0.2) is 0 Å². The molecule has 1 fully saturated rings. The number of carbonyl (C=O) groups excluding carboxylic acids is 2. The van der Waals surface area contributed by atoms with Crippen LogP contribution < -0.4 is 5.32 Å². The summed E-state index contributed by atoms with van der Waals surface area (Å²) in [4.78, 5) is 26.8. The zero-order valence-electron chi connectivity index (χ0n) is 12.6. The Hall–Kier alpha value is -2.03. The van der Waals surface area contributed by atoms with Crippen molar-refractivity contribution in [3.8, 4) is 6.07 Å². The third-order valence-corrected chi connectivity index (χ3v) is 2.92. The number of carbonyl (C=O) groups is 2. The zero-order chi connectivity index (χ0) is 15.3. The molecule has 1 heterocycles. The summed E-state index contributed by atoms with van der Waals surface area (Å²) in [5.74, 6) is -0.311. The van der Waals surface area contributed by atoms with E-state index in [9.17, 15) is 9.59 Å². The first-order valence-corrected chi connectivity index (χ1v) is 6.67. The van der Waals surface area contributed by atoms with Crippen molar-refractivity contribution in [2.75, 3.05) is 26.2 Å². The van der Waals surface area contributed by atoms with Crippen LogP contribution >= 0.6 is 0 Å². The number of hydrogen-bond acceptors (Lipinski definition) is 4. The zero-order valence-corrected chi connectivity index (χ0v) is 12.6. The van der Waals surface area contributed by atoms with Gasteiger partial charge in [-0.1, -0.05) is 0 Å². The standard InChI is InChI=1S/C14H22N4O2/c1-11(19)18-7-5-17(6-8-18)10-12(9-15)13(20)16-14(2,3)4/h10H,5-8H2,1-4H3,(H,16,20)/b12-10-. The van der Waals surface area contributed by atoms with Gasteiger partial charge in [0.15, 0.2) is 0 Å². The topological polar surface area (TPSA) is 76.4 Å². The predicted octanol–water partition coefficient (Wildman–Crippen LogP) is 0.473. The summed E-state index contributed by atoms with van der Waals surface area (Å²) in [6, 6.07) is 1.93. The van der Waals surface area contributed by atoms with Gasteiger partial charge < -0.3 is 15.1 Å². The normalized spacial score (nSPS) is 16.6. The molecule has 0 aliphatic carbocycles. The Morgan fingerprint density at radius 2 is 1.75 bits per heavy atom. The fourth-order valence-electron chi connectivity index (χ4n) is 1.89. The van der Waals surface area contributed by atoms with Gasteiger partial charge >= 0.3 is 0 Å². The second kappa shape index (κ2) is 6.42. The maximum atomic E-state index is 11.9. The van der Waals surface area contributed by atoms with Crippen molar-refractivity contribution >= 4 is 11.8 Å². The molecule has 0 aromatic carbocycles. The average Bonchev–Trinajstić information content (AvgIpc) is 2.34. The molecule has 20 heavy (non-hydrogen) atoms. The molecule has 0 aromatic heterocycles. The first-order valence-electron chi connectivity index (χ1n) is 6.67. The van der Waals surface area contributed by atoms with E-state index in [2.05, 4.69) is 5.32 Å². The van der Waals surface area contributed by atoms with Crippen LogP contribution in [0, 0.1) is 11.3 Å². The first kappa shape index (κ1) is 16.0. The molecule has 0 spiro atoms. The Labute approximate surface area is 120 Å². The van der Waals surface area contributed by atoms with E-state index in [1.165, 1.54) is 0 Å². The Kier molecular flexibility index (Phi) is 5.14. The maximum absolute atomic E-state index is 11.9. The third-order valence-electron chi connectivity index (χ3n) is 2.92. The highest BCUT2D eigenvalue weighted by molar-refractivity contribution is 5.97. The first-order chi connectivity index (χ1) is 9.23. The molecule has 0 bridgehead atoms. The van der Waals surface area contributed by atoms with Crippen molar-refractivity contribution in [3.05, 3.63) is 11.8 Å². The van der Waals surface area contributed by atoms with Gasteiger partial charge in [0.05, 0.1) is 0 Å². The molecule has 1 saturated heterocycles. The van der Waals surface area contributed by atoms with Crippen LogP contribution in [0.1, 0.15) is 27.7 Å². The quantitative estimate of drug-likeness (QED) is 0.588. The van der Waals surface area contributed by atoms with E-state index in [-0.39, 0.29) is 22.9 Å². The Morgan fingerprint density at radius 3 is 2.15 bits per heavy atom. The summed E-state index contributed by atoms with van der Waals surface area (Å²) in [5.41, 5.74) is -0.281. The molecule has 1 rings (SSSR count). The molecule has 0 atom stereocenters. The maximum Gasteiger partial charge on any atom is 0.263 e. The van der Waals surface area contributed by atoms with E-state index in [1.807, 2.05) is 31.7 Å². The van der Waals surface area contributed by atoms with Crippen molar-refractivity contribution in [1.29, 1.82) is 5.26 Å². The van der Waals surface area contributed by atoms with Crippen molar-refractivity contribution in [2.45, 2.75) is 33.2 Å². The van der Waals surface area contributed by atoms with Gasteiger partial charge in [0, 0.05) is 44.8 Å². The fraction of sp³-hybridized carbons (Fsp3) is 0.643. The number of hydrogen-bond donors (Lipinski definition) is 1. The van der Waals surface area contributed by atoms with Crippen LogP contribution in [-0.2, 0) is 9.59 Å². The lowest BCUT2D eigenvalue weighted by Crippen LogP contribution is -2.46. The van der Waals surface area contributed by atoms with Gasteiger partial charge in [-0.3, -0.25) is 9.59 Å². The minimum absolute atomic E-state index is 0.0552. The molecule has 6 nitrogen and oxygen atoms in total. The van der Waals surface area contributed by atoms with Gasteiger partial charge in [-0.15, -0.1) is 0 Å². The number of nitrogens with zero attached hydrogens (tertiary/aromatic N) is 3. The molecule has 0 aromatic rings. The van der Waals surface area contributed by atoms with Crippen LogP contribution in [-0.4, -0.2) is 53.3 Å². The summed E-state index contributed by atoms with van der Waals surface area (Å²) >= 11 is 0. The highest BCUT2D eigenvalue weighted by atomic mass is 16.2. The van der Waals surface area contributed by atoms with Crippen LogP contribution in [0.2, 0.25) is 0 Å². The van der Waals surface area contributed by atoms with Gasteiger partial charge in [-0.2, -0.15) is 5.26 Å². The van der Waals surface area contributed by atoms with Crippen molar-refractivity contribution in [1.82, 2.24) is 15.1 Å². The smallest absolute Gasteiger partial charge is 0.263 e. The second-order valence-corrected chi connectivity index (χ2v) is 5.90. The Balaban J connectivity index is 2.65. The van der Waals surface area contributed by atoms with Crippen LogP contribution in [0.15, 0.2) is 11.8 Å². The van der Waals surface area contributed by atoms with Gasteiger partial charge in [0.1, 0.15) is 11.6 Å². The fourth-order valence-corrected chi connectivity index (χ4v) is 1.89. The van der Waals surface area contributed by atoms with Crippen LogP contribution in [0.4, 0.5) is 0 Å². The summed E-state index contributed by atoms with van der Waals surface area (Å²) in [6.45, 7) is 9.64. The molecule has 1 aliphatic rings. The summed E-state index contributed by atoms with van der Waals surface area (Å²) < 4.78 is 0. The lowest BCUT2D eigenvalue weighted by Gasteiger charge is -2.33. The number of piperazine rings is 1. The molecule has 110 valence electrons. The summed E-state index contributed by atoms with van der Waals surface area (Å²) in [6.07, 6.45) is 1.58. The molecule has 2 amide bonds. The lowest BCUT2D eigenvalue weighted by atomic mass is 10.1. The SMILES string of the molecule is CC(=O)N1CCN(/C=C(/C#N)C(=O)NC(C)(C)C)CC1. The minimum atomic E-state index is -0.375. The molecule has 0 saturated carbocycles. The number of nitriles is 1. The Morgan fingerprint density at radius 1 is 1.20 bits per heavy atom. The van der Waals surface area contributed by atoms with E-state index in [0.717, 1.165) is 0 Å². The largest absolute Gasteiger partial charge is 0.373 e. The van der Waals surface area contributed by atoms with E-state index >= 15 is 0 Å². The van der Waals surface area contributed by atoms with Crippen LogP contribution in [0.3, 0.4) is 0 Å².